The molecule has 3 heterocycles. The molecule has 9 heteroatoms. The van der Waals surface area contributed by atoms with Crippen molar-refractivity contribution in [3.05, 3.63) is 54.6 Å². The van der Waals surface area contributed by atoms with Gasteiger partial charge < -0.3 is 24.5 Å². The van der Waals surface area contributed by atoms with E-state index in [1.165, 1.54) is 4.90 Å². The van der Waals surface area contributed by atoms with Gasteiger partial charge in [-0.2, -0.15) is 0 Å². The van der Waals surface area contributed by atoms with Crippen molar-refractivity contribution >= 4 is 35.0 Å². The van der Waals surface area contributed by atoms with Crippen LogP contribution >= 0.6 is 11.6 Å². The molecular formula is C31H42ClN3O5. The number of likely N-dealkylation sites (tertiary alicyclic amines) is 1. The van der Waals surface area contributed by atoms with Gasteiger partial charge in [0, 0.05) is 20.1 Å². The van der Waals surface area contributed by atoms with Crippen molar-refractivity contribution in [2.45, 2.75) is 69.7 Å². The minimum atomic E-state index is -1.21. The molecule has 2 bridgehead atoms. The lowest BCUT2D eigenvalue weighted by Gasteiger charge is -2.41. The van der Waals surface area contributed by atoms with Crippen LogP contribution in [-0.2, 0) is 19.1 Å². The molecule has 218 valence electrons. The average molecular weight is 572 g/mol. The Bertz CT molecular complexity index is 1180. The van der Waals surface area contributed by atoms with E-state index in [0.29, 0.717) is 42.9 Å². The molecule has 7 atom stereocenters. The molecule has 3 saturated heterocycles. The highest BCUT2D eigenvalue weighted by molar-refractivity contribution is 6.34. The van der Waals surface area contributed by atoms with E-state index in [0.717, 1.165) is 0 Å². The Morgan fingerprint density at radius 3 is 2.45 bits per heavy atom. The number of benzene rings is 1. The quantitative estimate of drug-likeness (QED) is 0.382. The van der Waals surface area contributed by atoms with E-state index < -0.39 is 35.1 Å². The predicted molar refractivity (Wildman–Crippen MR) is 156 cm³/mol. The van der Waals surface area contributed by atoms with E-state index in [1.807, 2.05) is 20.8 Å². The van der Waals surface area contributed by atoms with Crippen molar-refractivity contribution in [2.24, 2.45) is 17.8 Å². The number of halogens is 1. The van der Waals surface area contributed by atoms with E-state index in [4.69, 9.17) is 16.3 Å². The maximum atomic E-state index is 14.8. The molecule has 3 aliphatic heterocycles. The zero-order chi connectivity index (χ0) is 29.4. The summed E-state index contributed by atoms with van der Waals surface area (Å²) in [6.45, 7) is 13.7. The molecule has 3 amide bonds. The first-order valence-electron chi connectivity index (χ1n) is 14.2. The summed E-state index contributed by atoms with van der Waals surface area (Å²) in [5.74, 6) is -2.53. The Morgan fingerprint density at radius 2 is 1.88 bits per heavy atom. The molecule has 0 saturated carbocycles. The van der Waals surface area contributed by atoms with E-state index in [-0.39, 0.29) is 36.8 Å². The number of carbonyl (C=O) groups is 3. The topological polar surface area (TPSA) is 90.4 Å². The van der Waals surface area contributed by atoms with Crippen molar-refractivity contribution in [1.82, 2.24) is 9.80 Å². The van der Waals surface area contributed by atoms with Gasteiger partial charge in [-0.1, -0.05) is 63.1 Å². The maximum absolute atomic E-state index is 14.8. The number of anilines is 1. The van der Waals surface area contributed by atoms with Crippen LogP contribution in [0.15, 0.2) is 49.6 Å². The number of ether oxygens (including phenoxy) is 1. The number of carbonyl (C=O) groups excluding carboxylic acids is 3. The van der Waals surface area contributed by atoms with Crippen LogP contribution in [0.5, 0.6) is 0 Å². The minimum Gasteiger partial charge on any atom is -0.394 e. The number of aliphatic hydroxyl groups is 1. The highest BCUT2D eigenvalue weighted by Crippen LogP contribution is 2.65. The summed E-state index contributed by atoms with van der Waals surface area (Å²) in [5.41, 5.74) is -1.56. The molecule has 0 radical (unpaired) electrons. The summed E-state index contributed by atoms with van der Waals surface area (Å²) in [7, 11) is 1.70. The van der Waals surface area contributed by atoms with Crippen LogP contribution in [0.3, 0.4) is 0 Å². The summed E-state index contributed by atoms with van der Waals surface area (Å²) in [4.78, 5) is 47.9. The Balaban J connectivity index is 1.91. The van der Waals surface area contributed by atoms with Gasteiger partial charge in [0.15, 0.2) is 0 Å². The van der Waals surface area contributed by atoms with E-state index in [9.17, 15) is 19.5 Å². The third-order valence-electron chi connectivity index (χ3n) is 9.46. The summed E-state index contributed by atoms with van der Waals surface area (Å²) < 4.78 is 6.90. The molecule has 1 spiro atoms. The van der Waals surface area contributed by atoms with Crippen molar-refractivity contribution < 1.29 is 24.2 Å². The average Bonchev–Trinajstić information content (AvgIpc) is 3.56. The molecule has 0 aliphatic carbocycles. The summed E-state index contributed by atoms with van der Waals surface area (Å²) >= 11 is 6.56. The molecule has 3 aliphatic rings. The normalized spacial score (nSPS) is 30.1. The molecule has 0 aromatic heterocycles. The van der Waals surface area contributed by atoms with Gasteiger partial charge in [-0.25, -0.2) is 0 Å². The summed E-state index contributed by atoms with van der Waals surface area (Å²) in [6.07, 6.45) is 5.52. The van der Waals surface area contributed by atoms with Crippen molar-refractivity contribution in [3.8, 4) is 0 Å². The lowest BCUT2D eigenvalue weighted by atomic mass is 9.64. The summed E-state index contributed by atoms with van der Waals surface area (Å²) in [6, 6.07) is 5.40. The second-order valence-corrected chi connectivity index (χ2v) is 11.8. The minimum absolute atomic E-state index is 0.0948. The smallest absolute Gasteiger partial charge is 0.253 e. The lowest BCUT2D eigenvalue weighted by Crippen LogP contribution is -2.60. The van der Waals surface area contributed by atoms with Gasteiger partial charge in [-0.05, 0) is 37.3 Å². The SMILES string of the molecule is C=CCN(C)C(=O)[C@@H]1[C@H]2C(=O)N([C@@H](CO)[C@@H](C)CC)C(C(=O)N(CC=C)c3ccccc3Cl)C23CC[C@@]1(CC)O3. The van der Waals surface area contributed by atoms with Crippen LogP contribution in [0.4, 0.5) is 5.69 Å². The number of nitrogens with zero attached hydrogens (tertiary/aromatic N) is 3. The fourth-order valence-corrected chi connectivity index (χ4v) is 7.50. The fourth-order valence-electron chi connectivity index (χ4n) is 7.26. The third kappa shape index (κ3) is 4.48. The second kappa shape index (κ2) is 11.7. The van der Waals surface area contributed by atoms with Gasteiger partial charge in [-0.3, -0.25) is 14.4 Å². The third-order valence-corrected chi connectivity index (χ3v) is 9.78. The second-order valence-electron chi connectivity index (χ2n) is 11.4. The molecule has 40 heavy (non-hydrogen) atoms. The van der Waals surface area contributed by atoms with Gasteiger partial charge in [-0.15, -0.1) is 13.2 Å². The van der Waals surface area contributed by atoms with Gasteiger partial charge >= 0.3 is 0 Å². The molecular weight excluding hydrogens is 530 g/mol. The number of likely N-dealkylation sites (N-methyl/N-ethyl adjacent to an activating group) is 1. The van der Waals surface area contributed by atoms with Crippen LogP contribution in [0.1, 0.15) is 46.5 Å². The van der Waals surface area contributed by atoms with Crippen molar-refractivity contribution in [1.29, 1.82) is 0 Å². The highest BCUT2D eigenvalue weighted by Gasteiger charge is 2.79. The largest absolute Gasteiger partial charge is 0.394 e. The monoisotopic (exact) mass is 571 g/mol. The highest BCUT2D eigenvalue weighted by atomic mass is 35.5. The maximum Gasteiger partial charge on any atom is 0.253 e. The first-order valence-corrected chi connectivity index (χ1v) is 14.6. The standard InChI is InChI=1S/C31H42ClN3O5/c1-7-17-33(6)27(37)24-25-28(38)35(23(19-36)20(5)9-3)26(31(25)16-15-30(24,10-4)40-31)29(39)34(18-8-2)22-14-12-11-13-21(22)32/h7-8,11-14,20,23-26,36H,1-2,9-10,15-19H2,3-6H3/t20-,23-,24-,25-,26?,30+,31?/m0/s1. The molecule has 1 aromatic carbocycles. The molecule has 1 N–H and O–H groups in total. The van der Waals surface area contributed by atoms with E-state index >= 15 is 0 Å². The van der Waals surface area contributed by atoms with Gasteiger partial charge in [0.1, 0.15) is 11.6 Å². The van der Waals surface area contributed by atoms with E-state index in [1.54, 1.807) is 53.3 Å². The van der Waals surface area contributed by atoms with Gasteiger partial charge in [0.05, 0.1) is 40.8 Å². The van der Waals surface area contributed by atoms with Crippen LogP contribution in [0.2, 0.25) is 5.02 Å². The number of aliphatic hydroxyl groups excluding tert-OH is 1. The number of hydrogen-bond acceptors (Lipinski definition) is 5. The van der Waals surface area contributed by atoms with Crippen molar-refractivity contribution in [2.75, 3.05) is 31.6 Å². The molecule has 4 rings (SSSR count). The van der Waals surface area contributed by atoms with Crippen LogP contribution < -0.4 is 4.90 Å². The van der Waals surface area contributed by atoms with Crippen LogP contribution in [0.25, 0.3) is 0 Å². The first kappa shape index (κ1) is 30.3. The number of rotatable bonds is 12. The first-order chi connectivity index (χ1) is 19.1. The Labute approximate surface area is 242 Å². The van der Waals surface area contributed by atoms with Gasteiger partial charge in [0.25, 0.3) is 5.91 Å². The Morgan fingerprint density at radius 1 is 1.20 bits per heavy atom. The van der Waals surface area contributed by atoms with Crippen LogP contribution in [0, 0.1) is 17.8 Å². The number of amides is 3. The number of fused-ring (bicyclic) bond motifs is 1. The lowest BCUT2D eigenvalue weighted by molar-refractivity contribution is -0.154. The molecule has 3 fully saturated rings. The number of hydrogen-bond donors (Lipinski definition) is 1. The molecule has 1 aromatic rings. The van der Waals surface area contributed by atoms with E-state index in [2.05, 4.69) is 13.2 Å². The molecule has 8 nitrogen and oxygen atoms in total. The van der Waals surface area contributed by atoms with Crippen molar-refractivity contribution in [3.63, 3.8) is 0 Å². The van der Waals surface area contributed by atoms with Gasteiger partial charge in [0.2, 0.25) is 11.8 Å². The Hall–Kier alpha value is -2.68. The fraction of sp³-hybridized carbons (Fsp3) is 0.581. The Kier molecular flexibility index (Phi) is 8.83. The zero-order valence-corrected chi connectivity index (χ0v) is 24.8. The summed E-state index contributed by atoms with van der Waals surface area (Å²) in [5, 5.41) is 11.0. The van der Waals surface area contributed by atoms with Crippen LogP contribution in [-0.4, -0.2) is 82.7 Å². The number of para-hydroxylation sites is 1. The predicted octanol–water partition coefficient (Wildman–Crippen LogP) is 4.07. The zero-order valence-electron chi connectivity index (χ0n) is 24.0. The molecule has 2 unspecified atom stereocenters.